The quantitative estimate of drug-likeness (QED) is 0.458. The first-order valence-electron chi connectivity index (χ1n) is 9.23. The van der Waals surface area contributed by atoms with Gasteiger partial charge in [0.1, 0.15) is 16.3 Å². The summed E-state index contributed by atoms with van der Waals surface area (Å²) >= 11 is 7.57. The van der Waals surface area contributed by atoms with Gasteiger partial charge in [-0.15, -0.1) is 16.4 Å². The van der Waals surface area contributed by atoms with E-state index >= 15 is 0 Å². The number of amides is 1. The number of nitrogens with zero attached hydrogens (tertiary/aromatic N) is 6. The highest BCUT2D eigenvalue weighted by Gasteiger charge is 2.13. The smallest absolute Gasteiger partial charge is 0.330 e. The van der Waals surface area contributed by atoms with Crippen molar-refractivity contribution in [2.24, 2.45) is 0 Å². The van der Waals surface area contributed by atoms with E-state index in [1.165, 1.54) is 16.0 Å². The Morgan fingerprint density at radius 2 is 2.00 bits per heavy atom. The van der Waals surface area contributed by atoms with Crippen LogP contribution >= 0.6 is 22.9 Å². The lowest BCUT2D eigenvalue weighted by Gasteiger charge is -2.05. The summed E-state index contributed by atoms with van der Waals surface area (Å²) in [7, 11) is 0. The molecule has 3 heterocycles. The van der Waals surface area contributed by atoms with Crippen LogP contribution < -0.4 is 5.32 Å². The molecule has 0 saturated carbocycles. The number of hydrogen-bond acceptors (Lipinski definition) is 6. The molecule has 5 aromatic rings. The number of thiazole rings is 1. The highest BCUT2D eigenvalue weighted by atomic mass is 35.5. The zero-order valence-electron chi connectivity index (χ0n) is 15.9. The fourth-order valence-electron chi connectivity index (χ4n) is 3.33. The predicted octanol–water partition coefficient (Wildman–Crippen LogP) is 4.01. The molecule has 1 N–H and O–H groups in total. The monoisotopic (exact) mass is 437 g/mol. The second kappa shape index (κ2) is 7.51. The number of fused-ring (bicyclic) bond motifs is 2. The van der Waals surface area contributed by atoms with Gasteiger partial charge in [-0.1, -0.05) is 28.9 Å². The van der Waals surface area contributed by atoms with Gasteiger partial charge in [0.05, 0.1) is 35.3 Å². The number of imidazole rings is 1. The first-order valence-corrected chi connectivity index (χ1v) is 10.5. The van der Waals surface area contributed by atoms with Crippen LogP contribution in [0.2, 0.25) is 5.02 Å². The van der Waals surface area contributed by atoms with Gasteiger partial charge in [-0.05, 0) is 37.3 Å². The molecule has 0 spiro atoms. The van der Waals surface area contributed by atoms with Crippen molar-refractivity contribution in [2.45, 2.75) is 20.0 Å². The average Bonchev–Trinajstić information content (AvgIpc) is 3.44. The Hall–Kier alpha value is -3.30. The van der Waals surface area contributed by atoms with Crippen molar-refractivity contribution < 1.29 is 4.79 Å². The summed E-state index contributed by atoms with van der Waals surface area (Å²) in [5.74, 6) is 0.896. The predicted molar refractivity (Wildman–Crippen MR) is 116 cm³/mol. The van der Waals surface area contributed by atoms with E-state index in [1.54, 1.807) is 6.07 Å². The summed E-state index contributed by atoms with van der Waals surface area (Å²) in [5.41, 5.74) is 4.12. The zero-order chi connectivity index (χ0) is 20.7. The number of carbonyl (C=O) groups is 1. The molecule has 8 nitrogen and oxygen atoms in total. The third-order valence-corrected chi connectivity index (χ3v) is 5.89. The zero-order valence-corrected chi connectivity index (χ0v) is 17.5. The Balaban J connectivity index is 1.29. The molecule has 0 bridgehead atoms. The van der Waals surface area contributed by atoms with E-state index in [0.29, 0.717) is 29.1 Å². The number of benzene rings is 2. The molecule has 0 aliphatic carbocycles. The van der Waals surface area contributed by atoms with Crippen LogP contribution in [0.1, 0.15) is 16.5 Å². The van der Waals surface area contributed by atoms with E-state index in [2.05, 4.69) is 30.2 Å². The number of aromatic nitrogens is 6. The van der Waals surface area contributed by atoms with Gasteiger partial charge >= 0.3 is 6.03 Å². The Morgan fingerprint density at radius 3 is 2.90 bits per heavy atom. The molecular formula is C20H16ClN7OS. The normalized spacial score (nSPS) is 11.4. The molecule has 10 heteroatoms. The molecule has 3 aromatic heterocycles. The van der Waals surface area contributed by atoms with Crippen molar-refractivity contribution in [3.63, 3.8) is 0 Å². The summed E-state index contributed by atoms with van der Waals surface area (Å²) in [6, 6.07) is 12.7. The van der Waals surface area contributed by atoms with Crippen molar-refractivity contribution in [2.75, 3.05) is 0 Å². The summed E-state index contributed by atoms with van der Waals surface area (Å²) < 4.78 is 3.36. The molecular weight excluding hydrogens is 422 g/mol. The Bertz CT molecular complexity index is 1390. The standard InChI is InChI=1S/C20H16ClN7OS/c1-12-23-16-8-13(21)6-7-17(16)27(12)10-14-11-30-19(24-14)9-22-20(29)28-18-5-3-2-4-15(18)25-26-28/h2-8,11H,9-10H2,1H3,(H,22,29). The largest absolute Gasteiger partial charge is 0.344 e. The summed E-state index contributed by atoms with van der Waals surface area (Å²) in [5, 5.41) is 14.2. The minimum absolute atomic E-state index is 0.316. The van der Waals surface area contributed by atoms with E-state index in [4.69, 9.17) is 11.6 Å². The van der Waals surface area contributed by atoms with Crippen LogP contribution in [-0.2, 0) is 13.1 Å². The average molecular weight is 438 g/mol. The highest BCUT2D eigenvalue weighted by Crippen LogP contribution is 2.22. The van der Waals surface area contributed by atoms with Crippen LogP contribution in [-0.4, -0.2) is 35.6 Å². The van der Waals surface area contributed by atoms with Crippen LogP contribution in [0.15, 0.2) is 47.8 Å². The van der Waals surface area contributed by atoms with Gasteiger partial charge < -0.3 is 9.88 Å². The van der Waals surface area contributed by atoms with Gasteiger partial charge in [-0.25, -0.2) is 14.8 Å². The second-order valence-corrected chi connectivity index (χ2v) is 8.14. The van der Waals surface area contributed by atoms with Crippen LogP contribution in [0.25, 0.3) is 22.1 Å². The van der Waals surface area contributed by atoms with Crippen LogP contribution in [0.5, 0.6) is 0 Å². The van der Waals surface area contributed by atoms with Crippen molar-refractivity contribution >= 4 is 51.0 Å². The first-order chi connectivity index (χ1) is 14.6. The first kappa shape index (κ1) is 18.7. The number of halogens is 1. The summed E-state index contributed by atoms with van der Waals surface area (Å²) in [4.78, 5) is 21.7. The lowest BCUT2D eigenvalue weighted by atomic mass is 10.3. The number of aryl methyl sites for hydroxylation is 1. The van der Waals surface area contributed by atoms with Crippen molar-refractivity contribution in [3.8, 4) is 0 Å². The lowest BCUT2D eigenvalue weighted by molar-refractivity contribution is 0.239. The molecule has 0 fully saturated rings. The molecule has 0 unspecified atom stereocenters. The number of rotatable bonds is 4. The van der Waals surface area contributed by atoms with Gasteiger partial charge in [-0.3, -0.25) is 0 Å². The van der Waals surface area contributed by atoms with E-state index < -0.39 is 0 Å². The molecule has 30 heavy (non-hydrogen) atoms. The molecule has 0 aliphatic heterocycles. The molecule has 1 amide bonds. The van der Waals surface area contributed by atoms with Crippen LogP contribution in [0, 0.1) is 6.92 Å². The molecule has 150 valence electrons. The number of para-hydroxylation sites is 1. The maximum Gasteiger partial charge on any atom is 0.344 e. The second-order valence-electron chi connectivity index (χ2n) is 6.76. The Kier molecular flexibility index (Phi) is 4.68. The van der Waals surface area contributed by atoms with Crippen LogP contribution in [0.4, 0.5) is 4.79 Å². The Morgan fingerprint density at radius 1 is 1.13 bits per heavy atom. The van der Waals surface area contributed by atoms with Crippen molar-refractivity contribution in [1.82, 2.24) is 34.8 Å². The third-order valence-electron chi connectivity index (χ3n) is 4.76. The fourth-order valence-corrected chi connectivity index (χ4v) is 4.22. The molecule has 0 aliphatic rings. The number of hydrogen-bond donors (Lipinski definition) is 1. The maximum absolute atomic E-state index is 12.5. The topological polar surface area (TPSA) is 90.5 Å². The molecule has 5 rings (SSSR count). The minimum Gasteiger partial charge on any atom is -0.330 e. The highest BCUT2D eigenvalue weighted by molar-refractivity contribution is 7.09. The number of nitrogens with one attached hydrogen (secondary N) is 1. The van der Waals surface area contributed by atoms with Gasteiger partial charge in [0.2, 0.25) is 0 Å². The lowest BCUT2D eigenvalue weighted by Crippen LogP contribution is -2.28. The Labute approximate surface area is 180 Å². The fraction of sp³-hybridized carbons (Fsp3) is 0.150. The SMILES string of the molecule is Cc1nc2cc(Cl)ccc2n1Cc1csc(CNC(=O)n2nnc3ccccc32)n1. The third kappa shape index (κ3) is 3.42. The van der Waals surface area contributed by atoms with E-state index in [0.717, 1.165) is 27.6 Å². The van der Waals surface area contributed by atoms with E-state index in [-0.39, 0.29) is 6.03 Å². The van der Waals surface area contributed by atoms with Crippen molar-refractivity contribution in [3.05, 3.63) is 69.4 Å². The summed E-state index contributed by atoms with van der Waals surface area (Å²) in [6.45, 7) is 2.88. The van der Waals surface area contributed by atoms with Gasteiger partial charge in [0.25, 0.3) is 0 Å². The maximum atomic E-state index is 12.5. The van der Waals surface area contributed by atoms with Crippen LogP contribution in [0.3, 0.4) is 0 Å². The van der Waals surface area contributed by atoms with Crippen molar-refractivity contribution in [1.29, 1.82) is 0 Å². The van der Waals surface area contributed by atoms with Gasteiger partial charge in [0, 0.05) is 10.4 Å². The van der Waals surface area contributed by atoms with E-state index in [9.17, 15) is 4.79 Å². The van der Waals surface area contributed by atoms with Gasteiger partial charge in [0.15, 0.2) is 0 Å². The minimum atomic E-state index is -0.339. The summed E-state index contributed by atoms with van der Waals surface area (Å²) in [6.07, 6.45) is 0. The molecule has 2 aromatic carbocycles. The number of carbonyl (C=O) groups excluding carboxylic acids is 1. The van der Waals surface area contributed by atoms with E-state index in [1.807, 2.05) is 48.7 Å². The molecule has 0 radical (unpaired) electrons. The molecule has 0 saturated heterocycles. The van der Waals surface area contributed by atoms with Gasteiger partial charge in [-0.2, -0.15) is 4.68 Å². The molecule has 0 atom stereocenters.